The zero-order valence-electron chi connectivity index (χ0n) is 11.5. The minimum Gasteiger partial charge on any atom is -0.117 e. The van der Waals surface area contributed by atoms with Crippen LogP contribution in [0.25, 0.3) is 0 Å². The summed E-state index contributed by atoms with van der Waals surface area (Å²) in [5.74, 6) is 0. The average molecular weight is 338 g/mol. The Morgan fingerprint density at radius 2 is 1.63 bits per heavy atom. The summed E-state index contributed by atoms with van der Waals surface area (Å²) in [7, 11) is 0. The number of halogens is 2. The highest BCUT2D eigenvalue weighted by molar-refractivity contribution is 9.10. The molecule has 2 aromatic rings. The highest BCUT2D eigenvalue weighted by atomic mass is 79.9. The van der Waals surface area contributed by atoms with Gasteiger partial charge in [0.2, 0.25) is 0 Å². The molecule has 0 fully saturated rings. The lowest BCUT2D eigenvalue weighted by molar-refractivity contribution is 0.915. The van der Waals surface area contributed by atoms with E-state index in [0.717, 1.165) is 16.5 Å². The topological polar surface area (TPSA) is 0 Å². The van der Waals surface area contributed by atoms with Gasteiger partial charge in [-0.1, -0.05) is 46.3 Å². The number of hydrogen-bond acceptors (Lipinski definition) is 0. The first-order valence-corrected chi connectivity index (χ1v) is 7.66. The van der Waals surface area contributed by atoms with Crippen molar-refractivity contribution < 1.29 is 0 Å². The molecule has 2 aromatic carbocycles. The fraction of sp³-hybridized carbons (Fsp3) is 0.294. The highest BCUT2D eigenvalue weighted by Gasteiger charge is 2.10. The Kier molecular flexibility index (Phi) is 4.70. The second kappa shape index (κ2) is 6.11. The van der Waals surface area contributed by atoms with Crippen LogP contribution in [0.3, 0.4) is 0 Å². The van der Waals surface area contributed by atoms with Crippen molar-refractivity contribution in [2.75, 3.05) is 0 Å². The third-order valence-electron chi connectivity index (χ3n) is 3.54. The Balaban J connectivity index is 2.17. The van der Waals surface area contributed by atoms with E-state index in [1.54, 1.807) is 0 Å². The maximum absolute atomic E-state index is 6.54. The normalized spacial score (nSPS) is 12.5. The van der Waals surface area contributed by atoms with Gasteiger partial charge in [0.15, 0.2) is 0 Å². The van der Waals surface area contributed by atoms with Gasteiger partial charge in [0.1, 0.15) is 0 Å². The Morgan fingerprint density at radius 1 is 0.947 bits per heavy atom. The number of benzene rings is 2. The number of rotatable bonds is 3. The molecule has 1 unspecified atom stereocenters. The number of hydrogen-bond donors (Lipinski definition) is 0. The largest absolute Gasteiger partial charge is 0.117 e. The van der Waals surface area contributed by atoms with Gasteiger partial charge in [-0.05, 0) is 61.1 Å². The van der Waals surface area contributed by atoms with Gasteiger partial charge in [-0.3, -0.25) is 0 Å². The van der Waals surface area contributed by atoms with Crippen molar-refractivity contribution in [3.63, 3.8) is 0 Å². The van der Waals surface area contributed by atoms with Crippen LogP contribution in [0, 0.1) is 20.8 Å². The van der Waals surface area contributed by atoms with E-state index in [2.05, 4.69) is 73.1 Å². The molecule has 0 nitrogen and oxygen atoms in total. The van der Waals surface area contributed by atoms with E-state index >= 15 is 0 Å². The summed E-state index contributed by atoms with van der Waals surface area (Å²) in [6.07, 6.45) is 0.859. The molecule has 0 heterocycles. The van der Waals surface area contributed by atoms with Gasteiger partial charge in [0.25, 0.3) is 0 Å². The van der Waals surface area contributed by atoms with Crippen molar-refractivity contribution in [1.29, 1.82) is 0 Å². The molecule has 0 N–H and O–H groups in total. The first-order valence-electron chi connectivity index (χ1n) is 6.43. The van der Waals surface area contributed by atoms with E-state index in [0.29, 0.717) is 0 Å². The molecule has 0 saturated heterocycles. The minimum absolute atomic E-state index is 0.0130. The van der Waals surface area contributed by atoms with Crippen molar-refractivity contribution in [1.82, 2.24) is 0 Å². The van der Waals surface area contributed by atoms with Crippen LogP contribution in [0.4, 0.5) is 0 Å². The van der Waals surface area contributed by atoms with Crippen LogP contribution >= 0.6 is 27.5 Å². The molecule has 0 bridgehead atoms. The molecule has 2 heteroatoms. The van der Waals surface area contributed by atoms with E-state index in [1.807, 2.05) is 0 Å². The summed E-state index contributed by atoms with van der Waals surface area (Å²) in [6.45, 7) is 6.36. The van der Waals surface area contributed by atoms with E-state index in [1.165, 1.54) is 22.3 Å². The fourth-order valence-electron chi connectivity index (χ4n) is 2.06. The van der Waals surface area contributed by atoms with E-state index in [4.69, 9.17) is 11.6 Å². The zero-order valence-corrected chi connectivity index (χ0v) is 13.8. The van der Waals surface area contributed by atoms with Crippen molar-refractivity contribution >= 4 is 27.5 Å². The summed E-state index contributed by atoms with van der Waals surface area (Å²) in [5.41, 5.74) is 6.34. The fourth-order valence-corrected chi connectivity index (χ4v) is 2.77. The lowest BCUT2D eigenvalue weighted by Crippen LogP contribution is -1.97. The van der Waals surface area contributed by atoms with Crippen LogP contribution in [-0.2, 0) is 6.42 Å². The molecule has 0 aliphatic heterocycles. The van der Waals surface area contributed by atoms with Crippen LogP contribution < -0.4 is 0 Å². The Labute approximate surface area is 128 Å². The molecule has 0 amide bonds. The number of aryl methyl sites for hydroxylation is 3. The second-order valence-corrected chi connectivity index (χ2v) is 6.48. The summed E-state index contributed by atoms with van der Waals surface area (Å²) < 4.78 is 1.12. The van der Waals surface area contributed by atoms with Gasteiger partial charge in [0.05, 0.1) is 5.38 Å². The first kappa shape index (κ1) is 14.6. The SMILES string of the molecule is Cc1ccc(CC(Cl)c2ccc(C)c(Br)c2)cc1C. The monoisotopic (exact) mass is 336 g/mol. The Morgan fingerprint density at radius 3 is 2.26 bits per heavy atom. The standard InChI is InChI=1S/C17H18BrCl/c1-11-4-6-14(8-13(11)3)9-17(19)15-7-5-12(2)16(18)10-15/h4-8,10,17H,9H2,1-3H3. The third kappa shape index (κ3) is 3.61. The maximum atomic E-state index is 6.54. The Bertz CT molecular complexity index is 590. The van der Waals surface area contributed by atoms with Crippen LogP contribution in [0.5, 0.6) is 0 Å². The average Bonchev–Trinajstić information content (AvgIpc) is 2.37. The third-order valence-corrected chi connectivity index (χ3v) is 4.80. The van der Waals surface area contributed by atoms with Crippen LogP contribution in [0.2, 0.25) is 0 Å². The van der Waals surface area contributed by atoms with Gasteiger partial charge >= 0.3 is 0 Å². The quantitative estimate of drug-likeness (QED) is 0.612. The van der Waals surface area contributed by atoms with Crippen molar-refractivity contribution in [3.8, 4) is 0 Å². The molecule has 1 atom stereocenters. The molecule has 0 aliphatic carbocycles. The summed E-state index contributed by atoms with van der Waals surface area (Å²) in [6, 6.07) is 12.9. The predicted molar refractivity (Wildman–Crippen MR) is 87.1 cm³/mol. The molecule has 0 radical (unpaired) electrons. The predicted octanol–water partition coefficient (Wildman–Crippen LogP) is 5.90. The van der Waals surface area contributed by atoms with Crippen molar-refractivity contribution in [2.45, 2.75) is 32.6 Å². The maximum Gasteiger partial charge on any atom is 0.0625 e. The van der Waals surface area contributed by atoms with Crippen LogP contribution in [0.1, 0.15) is 33.2 Å². The molecule has 2 rings (SSSR count). The minimum atomic E-state index is 0.0130. The molecule has 0 spiro atoms. The second-order valence-electron chi connectivity index (χ2n) is 5.10. The van der Waals surface area contributed by atoms with Crippen molar-refractivity contribution in [2.24, 2.45) is 0 Å². The smallest absolute Gasteiger partial charge is 0.0625 e. The van der Waals surface area contributed by atoms with E-state index in [-0.39, 0.29) is 5.38 Å². The first-order chi connectivity index (χ1) is 8.97. The highest BCUT2D eigenvalue weighted by Crippen LogP contribution is 2.29. The van der Waals surface area contributed by atoms with Gasteiger partial charge < -0.3 is 0 Å². The molecule has 0 aromatic heterocycles. The van der Waals surface area contributed by atoms with Gasteiger partial charge in [-0.2, -0.15) is 0 Å². The zero-order chi connectivity index (χ0) is 14.0. The molecule has 19 heavy (non-hydrogen) atoms. The summed E-state index contributed by atoms with van der Waals surface area (Å²) >= 11 is 10.1. The lowest BCUT2D eigenvalue weighted by Gasteiger charge is -2.12. The molecule has 0 saturated carbocycles. The van der Waals surface area contributed by atoms with E-state index in [9.17, 15) is 0 Å². The van der Waals surface area contributed by atoms with Gasteiger partial charge in [0, 0.05) is 4.47 Å². The summed E-state index contributed by atoms with van der Waals surface area (Å²) in [4.78, 5) is 0. The molecular formula is C17H18BrCl. The molecule has 0 aliphatic rings. The summed E-state index contributed by atoms with van der Waals surface area (Å²) in [5, 5.41) is 0.0130. The number of alkyl halides is 1. The molecule has 100 valence electrons. The van der Waals surface area contributed by atoms with Crippen LogP contribution in [0.15, 0.2) is 40.9 Å². The lowest BCUT2D eigenvalue weighted by atomic mass is 10.00. The molecular weight excluding hydrogens is 320 g/mol. The van der Waals surface area contributed by atoms with E-state index < -0.39 is 0 Å². The van der Waals surface area contributed by atoms with Gasteiger partial charge in [-0.25, -0.2) is 0 Å². The van der Waals surface area contributed by atoms with Gasteiger partial charge in [-0.15, -0.1) is 11.6 Å². The van der Waals surface area contributed by atoms with Crippen molar-refractivity contribution in [3.05, 3.63) is 68.7 Å². The Hall–Kier alpha value is -0.790. The van der Waals surface area contributed by atoms with Crippen LogP contribution in [-0.4, -0.2) is 0 Å².